The molecule has 0 radical (unpaired) electrons. The van der Waals surface area contributed by atoms with Gasteiger partial charge in [0.05, 0.1) is 6.61 Å². The summed E-state index contributed by atoms with van der Waals surface area (Å²) in [6.45, 7) is 3.17. The second kappa shape index (κ2) is 10.6. The summed E-state index contributed by atoms with van der Waals surface area (Å²) in [6, 6.07) is 19.0. The normalized spacial score (nSPS) is 14.1. The lowest BCUT2D eigenvalue weighted by Gasteiger charge is -2.22. The molecule has 170 valence electrons. The number of hydrogen-bond acceptors (Lipinski definition) is 3. The fourth-order valence-electron chi connectivity index (χ4n) is 4.60. The van der Waals surface area contributed by atoms with Gasteiger partial charge in [-0.3, -0.25) is 0 Å². The third-order valence-electron chi connectivity index (χ3n) is 6.51. The van der Waals surface area contributed by atoms with E-state index in [1.165, 1.54) is 37.7 Å². The lowest BCUT2D eigenvalue weighted by molar-refractivity contribution is -0.139. The predicted octanol–water partition coefficient (Wildman–Crippen LogP) is 6.93. The van der Waals surface area contributed by atoms with E-state index in [2.05, 4.69) is 30.8 Å². The minimum absolute atomic E-state index is 0.0123. The van der Waals surface area contributed by atoms with Crippen LogP contribution in [0.4, 0.5) is 4.39 Å². The molecule has 1 aliphatic rings. The molecule has 0 heterocycles. The predicted molar refractivity (Wildman–Crippen MR) is 129 cm³/mol. The Balaban J connectivity index is 1.56. The van der Waals surface area contributed by atoms with E-state index in [0.717, 1.165) is 17.2 Å². The van der Waals surface area contributed by atoms with Crippen molar-refractivity contribution in [3.8, 4) is 22.3 Å². The molecule has 1 N–H and O–H groups in total. The molecule has 0 amide bonds. The number of carbonyl (C=O) groups excluding carboxylic acids is 1. The SMILES string of the molecule is C=CC(=O)OCc1cc(-c2ccc(-c3ccc(C4CCCCC4)cc3)cc2F)ccc1CO. The van der Waals surface area contributed by atoms with Gasteiger partial charge in [0.2, 0.25) is 0 Å². The molecule has 0 unspecified atom stereocenters. The number of carbonyl (C=O) groups is 1. The van der Waals surface area contributed by atoms with E-state index in [4.69, 9.17) is 4.74 Å². The molecule has 4 heteroatoms. The lowest BCUT2D eigenvalue weighted by Crippen LogP contribution is -2.04. The monoisotopic (exact) mass is 444 g/mol. The fraction of sp³-hybridized carbons (Fsp3) is 0.276. The molecule has 1 aliphatic carbocycles. The maximum absolute atomic E-state index is 15.1. The van der Waals surface area contributed by atoms with Crippen molar-refractivity contribution in [3.63, 3.8) is 0 Å². The number of benzene rings is 3. The van der Waals surface area contributed by atoms with Crippen LogP contribution in [0.1, 0.15) is 54.7 Å². The highest BCUT2D eigenvalue weighted by Crippen LogP contribution is 2.34. The number of rotatable bonds is 7. The molecule has 3 nitrogen and oxygen atoms in total. The third-order valence-corrected chi connectivity index (χ3v) is 6.51. The van der Waals surface area contributed by atoms with Crippen molar-refractivity contribution in [1.82, 2.24) is 0 Å². The van der Waals surface area contributed by atoms with Gasteiger partial charge in [0.25, 0.3) is 0 Å². The van der Waals surface area contributed by atoms with Gasteiger partial charge in [0, 0.05) is 11.6 Å². The van der Waals surface area contributed by atoms with E-state index in [9.17, 15) is 9.90 Å². The second-order valence-electron chi connectivity index (χ2n) is 8.61. The maximum atomic E-state index is 15.1. The summed E-state index contributed by atoms with van der Waals surface area (Å²) in [5.74, 6) is -0.224. The summed E-state index contributed by atoms with van der Waals surface area (Å²) in [5.41, 5.74) is 5.58. The molecule has 1 fully saturated rings. The van der Waals surface area contributed by atoms with E-state index >= 15 is 4.39 Å². The summed E-state index contributed by atoms with van der Waals surface area (Å²) in [6.07, 6.45) is 7.54. The van der Waals surface area contributed by atoms with Crippen molar-refractivity contribution in [3.05, 3.63) is 95.8 Å². The van der Waals surface area contributed by atoms with Crippen LogP contribution >= 0.6 is 0 Å². The van der Waals surface area contributed by atoms with Gasteiger partial charge in [-0.1, -0.05) is 74.4 Å². The highest BCUT2D eigenvalue weighted by Gasteiger charge is 2.16. The zero-order valence-electron chi connectivity index (χ0n) is 18.7. The first-order valence-corrected chi connectivity index (χ1v) is 11.5. The van der Waals surface area contributed by atoms with E-state index in [-0.39, 0.29) is 19.0 Å². The van der Waals surface area contributed by atoms with E-state index < -0.39 is 5.97 Å². The van der Waals surface area contributed by atoms with E-state index in [1.807, 2.05) is 6.07 Å². The van der Waals surface area contributed by atoms with Crippen molar-refractivity contribution < 1.29 is 19.0 Å². The Hall–Kier alpha value is -3.24. The van der Waals surface area contributed by atoms with Crippen molar-refractivity contribution in [2.24, 2.45) is 0 Å². The average Bonchev–Trinajstić information content (AvgIpc) is 2.87. The van der Waals surface area contributed by atoms with E-state index in [0.29, 0.717) is 28.2 Å². The van der Waals surface area contributed by atoms with Crippen LogP contribution in [0.2, 0.25) is 0 Å². The van der Waals surface area contributed by atoms with Crippen LogP contribution in [0.15, 0.2) is 73.3 Å². The Morgan fingerprint density at radius 3 is 2.30 bits per heavy atom. The second-order valence-corrected chi connectivity index (χ2v) is 8.61. The number of aliphatic hydroxyl groups excluding tert-OH is 1. The van der Waals surface area contributed by atoms with Gasteiger partial charge >= 0.3 is 5.97 Å². The molecule has 3 aromatic carbocycles. The van der Waals surface area contributed by atoms with Gasteiger partial charge in [0.1, 0.15) is 12.4 Å². The summed E-state index contributed by atoms with van der Waals surface area (Å²) < 4.78 is 20.2. The Kier molecular flexibility index (Phi) is 7.36. The van der Waals surface area contributed by atoms with Crippen LogP contribution in [0.25, 0.3) is 22.3 Å². The average molecular weight is 445 g/mol. The number of hydrogen-bond donors (Lipinski definition) is 1. The standard InChI is InChI=1S/C29H29FO3/c1-2-29(32)33-19-26-16-24(12-13-25(26)18-31)27-15-14-23(17-28(27)30)22-10-8-21(9-11-22)20-6-4-3-5-7-20/h2,8-17,20,31H,1,3-7,18-19H2. The third kappa shape index (κ3) is 5.40. The van der Waals surface area contributed by atoms with Crippen molar-refractivity contribution in [2.75, 3.05) is 0 Å². The van der Waals surface area contributed by atoms with Crippen LogP contribution in [-0.2, 0) is 22.7 Å². The molecule has 33 heavy (non-hydrogen) atoms. The van der Waals surface area contributed by atoms with Crippen LogP contribution in [0.5, 0.6) is 0 Å². The quantitative estimate of drug-likeness (QED) is 0.317. The zero-order chi connectivity index (χ0) is 23.2. The van der Waals surface area contributed by atoms with Gasteiger partial charge in [-0.25, -0.2) is 9.18 Å². The molecule has 0 saturated heterocycles. The molecule has 0 spiro atoms. The maximum Gasteiger partial charge on any atom is 0.330 e. The molecule has 0 bridgehead atoms. The van der Waals surface area contributed by atoms with Crippen LogP contribution in [-0.4, -0.2) is 11.1 Å². The van der Waals surface area contributed by atoms with Gasteiger partial charge < -0.3 is 9.84 Å². The largest absolute Gasteiger partial charge is 0.458 e. The molecule has 0 aliphatic heterocycles. The van der Waals surface area contributed by atoms with Gasteiger partial charge in [0.15, 0.2) is 0 Å². The first-order valence-electron chi connectivity index (χ1n) is 11.5. The Bertz CT molecular complexity index is 1130. The zero-order valence-corrected chi connectivity index (χ0v) is 18.7. The summed E-state index contributed by atoms with van der Waals surface area (Å²) in [4.78, 5) is 11.4. The summed E-state index contributed by atoms with van der Waals surface area (Å²) >= 11 is 0. The Morgan fingerprint density at radius 2 is 1.64 bits per heavy atom. The molecule has 0 aromatic heterocycles. The number of halogens is 1. The van der Waals surface area contributed by atoms with Crippen LogP contribution < -0.4 is 0 Å². The number of esters is 1. The molecule has 3 aromatic rings. The molecule has 4 rings (SSSR count). The fourth-order valence-corrected chi connectivity index (χ4v) is 4.60. The smallest absolute Gasteiger partial charge is 0.330 e. The molecular weight excluding hydrogens is 415 g/mol. The van der Waals surface area contributed by atoms with Gasteiger partial charge in [-0.2, -0.15) is 0 Å². The molecule has 0 atom stereocenters. The minimum atomic E-state index is -0.547. The minimum Gasteiger partial charge on any atom is -0.458 e. The summed E-state index contributed by atoms with van der Waals surface area (Å²) in [5, 5.41) is 9.59. The van der Waals surface area contributed by atoms with Gasteiger partial charge in [-0.05, 0) is 64.3 Å². The highest BCUT2D eigenvalue weighted by atomic mass is 19.1. The van der Waals surface area contributed by atoms with E-state index in [1.54, 1.807) is 30.3 Å². The van der Waals surface area contributed by atoms with Crippen molar-refractivity contribution >= 4 is 5.97 Å². The van der Waals surface area contributed by atoms with Crippen molar-refractivity contribution in [1.29, 1.82) is 0 Å². The first-order chi connectivity index (χ1) is 16.1. The summed E-state index contributed by atoms with van der Waals surface area (Å²) in [7, 11) is 0. The Morgan fingerprint density at radius 1 is 0.939 bits per heavy atom. The van der Waals surface area contributed by atoms with Crippen LogP contribution in [0, 0.1) is 5.82 Å². The first kappa shape index (κ1) is 22.9. The number of ether oxygens (including phenoxy) is 1. The molecular formula is C29H29FO3. The van der Waals surface area contributed by atoms with Crippen molar-refractivity contribution in [2.45, 2.75) is 51.2 Å². The van der Waals surface area contributed by atoms with Crippen LogP contribution in [0.3, 0.4) is 0 Å². The highest BCUT2D eigenvalue weighted by molar-refractivity contribution is 5.81. The topological polar surface area (TPSA) is 46.5 Å². The van der Waals surface area contributed by atoms with Gasteiger partial charge in [-0.15, -0.1) is 0 Å². The number of aliphatic hydroxyl groups is 1. The Labute approximate surface area is 194 Å². The molecule has 1 saturated carbocycles. The lowest BCUT2D eigenvalue weighted by atomic mass is 9.83.